The van der Waals surface area contributed by atoms with E-state index >= 15 is 0 Å². The molecule has 0 radical (unpaired) electrons. The minimum Gasteiger partial charge on any atom is -0.469 e. The van der Waals surface area contributed by atoms with Crippen LogP contribution in [0.25, 0.3) is 11.4 Å². The lowest BCUT2D eigenvalue weighted by atomic mass is 10.1. The van der Waals surface area contributed by atoms with Gasteiger partial charge in [0, 0.05) is 0 Å². The lowest BCUT2D eigenvalue weighted by Gasteiger charge is -2.13. The first-order valence-electron chi connectivity index (χ1n) is 9.93. The Morgan fingerprint density at radius 1 is 1.06 bits per heavy atom. The Morgan fingerprint density at radius 3 is 2.48 bits per heavy atom. The van der Waals surface area contributed by atoms with Gasteiger partial charge in [0.2, 0.25) is 5.91 Å². The number of aryl methyl sites for hydroxylation is 1. The van der Waals surface area contributed by atoms with Gasteiger partial charge < -0.3 is 9.73 Å². The van der Waals surface area contributed by atoms with Gasteiger partial charge in [-0.3, -0.25) is 9.36 Å². The highest BCUT2D eigenvalue weighted by atomic mass is 32.2. The molecule has 33 heavy (non-hydrogen) atoms. The van der Waals surface area contributed by atoms with Crippen LogP contribution >= 0.6 is 11.8 Å². The molecular formula is C23H19F3N4O2S. The number of thioether (sulfide) groups is 1. The van der Waals surface area contributed by atoms with Crippen molar-refractivity contribution >= 4 is 23.4 Å². The summed E-state index contributed by atoms with van der Waals surface area (Å²) in [6, 6.07) is 16.3. The number of carbonyl (C=O) groups excluding carboxylic acids is 1. The minimum absolute atomic E-state index is 0.135. The fraction of sp³-hybridized carbons (Fsp3) is 0.174. The van der Waals surface area contributed by atoms with Gasteiger partial charge in [-0.05, 0) is 30.7 Å². The second-order valence-electron chi connectivity index (χ2n) is 7.15. The van der Waals surface area contributed by atoms with Crippen LogP contribution in [0.4, 0.5) is 18.9 Å². The van der Waals surface area contributed by atoms with Gasteiger partial charge in [-0.25, -0.2) is 0 Å². The molecule has 170 valence electrons. The van der Waals surface area contributed by atoms with E-state index in [1.807, 2.05) is 41.8 Å². The Labute approximate surface area is 191 Å². The van der Waals surface area contributed by atoms with Crippen molar-refractivity contribution < 1.29 is 22.4 Å². The maximum absolute atomic E-state index is 13.2. The maximum Gasteiger partial charge on any atom is 0.418 e. The molecule has 1 N–H and O–H groups in total. The molecule has 1 amide bonds. The summed E-state index contributed by atoms with van der Waals surface area (Å²) >= 11 is 1.10. The summed E-state index contributed by atoms with van der Waals surface area (Å²) in [4.78, 5) is 12.5. The number of amides is 1. The molecule has 0 fully saturated rings. The molecule has 2 aromatic heterocycles. The number of hydrogen-bond donors (Lipinski definition) is 1. The summed E-state index contributed by atoms with van der Waals surface area (Å²) < 4.78 is 46.8. The van der Waals surface area contributed by atoms with Crippen molar-refractivity contribution in [2.75, 3.05) is 11.1 Å². The van der Waals surface area contributed by atoms with Crippen molar-refractivity contribution in [2.45, 2.75) is 24.8 Å². The normalized spacial score (nSPS) is 11.5. The standard InChI is InChI=1S/C23H19F3N4O2S/c1-15-17(11-12-32-15)21-28-29-22(30(21)13-16-7-3-2-4-8-16)33-14-20(31)27-19-10-6-5-9-18(19)23(24,25)26/h2-12H,13-14H2,1H3,(H,27,31). The Hall–Kier alpha value is -3.53. The molecule has 0 aliphatic carbocycles. The SMILES string of the molecule is Cc1occc1-c1nnc(SCC(=O)Nc2ccccc2C(F)(F)F)n1Cc1ccccc1. The second kappa shape index (κ2) is 9.53. The molecule has 0 aliphatic rings. The smallest absolute Gasteiger partial charge is 0.418 e. The third-order valence-electron chi connectivity index (χ3n) is 4.84. The third kappa shape index (κ3) is 5.28. The van der Waals surface area contributed by atoms with Gasteiger partial charge in [0.05, 0.1) is 35.4 Å². The zero-order valence-electron chi connectivity index (χ0n) is 17.5. The summed E-state index contributed by atoms with van der Waals surface area (Å²) in [5.41, 5.74) is 0.600. The van der Waals surface area contributed by atoms with Gasteiger partial charge in [0.1, 0.15) is 5.76 Å². The highest BCUT2D eigenvalue weighted by Crippen LogP contribution is 2.35. The largest absolute Gasteiger partial charge is 0.469 e. The molecule has 0 saturated heterocycles. The van der Waals surface area contributed by atoms with Crippen molar-refractivity contribution in [1.82, 2.24) is 14.8 Å². The van der Waals surface area contributed by atoms with Crippen LogP contribution in [0.3, 0.4) is 0 Å². The predicted octanol–water partition coefficient (Wildman–Crippen LogP) is 5.64. The number of halogens is 3. The number of nitrogens with one attached hydrogen (secondary N) is 1. The second-order valence-corrected chi connectivity index (χ2v) is 8.09. The number of anilines is 1. The van der Waals surface area contributed by atoms with Crippen LogP contribution in [0, 0.1) is 6.92 Å². The van der Waals surface area contributed by atoms with Crippen molar-refractivity contribution in [1.29, 1.82) is 0 Å². The predicted molar refractivity (Wildman–Crippen MR) is 119 cm³/mol. The molecule has 2 heterocycles. The average Bonchev–Trinajstić information content (AvgIpc) is 3.38. The monoisotopic (exact) mass is 472 g/mol. The molecule has 4 aromatic rings. The molecule has 0 bridgehead atoms. The molecular weight excluding hydrogens is 453 g/mol. The van der Waals surface area contributed by atoms with Gasteiger partial charge in [0.15, 0.2) is 11.0 Å². The zero-order chi connectivity index (χ0) is 23.4. The minimum atomic E-state index is -4.57. The van der Waals surface area contributed by atoms with E-state index < -0.39 is 17.6 Å². The number of rotatable bonds is 7. The fourth-order valence-electron chi connectivity index (χ4n) is 3.28. The number of alkyl halides is 3. The van der Waals surface area contributed by atoms with Crippen molar-refractivity contribution in [3.63, 3.8) is 0 Å². The van der Waals surface area contributed by atoms with Crippen LogP contribution in [0.15, 0.2) is 76.5 Å². The van der Waals surface area contributed by atoms with Crippen LogP contribution in [0.2, 0.25) is 0 Å². The Balaban J connectivity index is 1.54. The van der Waals surface area contributed by atoms with Crippen LogP contribution in [0.1, 0.15) is 16.9 Å². The molecule has 4 rings (SSSR count). The summed E-state index contributed by atoms with van der Waals surface area (Å²) in [7, 11) is 0. The number of furan rings is 1. The van der Waals surface area contributed by atoms with Gasteiger partial charge in [-0.15, -0.1) is 10.2 Å². The average molecular weight is 472 g/mol. The molecule has 0 aliphatic heterocycles. The number of aromatic nitrogens is 3. The third-order valence-corrected chi connectivity index (χ3v) is 5.81. The van der Waals surface area contributed by atoms with E-state index in [1.165, 1.54) is 18.2 Å². The molecule has 2 aromatic carbocycles. The van der Waals surface area contributed by atoms with E-state index in [9.17, 15) is 18.0 Å². The quantitative estimate of drug-likeness (QED) is 0.352. The Kier molecular flexibility index (Phi) is 6.55. The van der Waals surface area contributed by atoms with E-state index in [-0.39, 0.29) is 11.4 Å². The first-order valence-corrected chi connectivity index (χ1v) is 10.9. The first kappa shape index (κ1) is 22.7. The summed E-state index contributed by atoms with van der Waals surface area (Å²) in [6.07, 6.45) is -3.01. The van der Waals surface area contributed by atoms with E-state index in [1.54, 1.807) is 12.3 Å². The maximum atomic E-state index is 13.2. The lowest BCUT2D eigenvalue weighted by Crippen LogP contribution is -2.18. The van der Waals surface area contributed by atoms with Crippen molar-refractivity contribution in [3.8, 4) is 11.4 Å². The number of hydrogen-bond acceptors (Lipinski definition) is 5. The Morgan fingerprint density at radius 2 is 1.79 bits per heavy atom. The van der Waals surface area contributed by atoms with E-state index in [4.69, 9.17) is 4.42 Å². The number of para-hydroxylation sites is 1. The topological polar surface area (TPSA) is 72.9 Å². The van der Waals surface area contributed by atoms with Crippen molar-refractivity contribution in [2.24, 2.45) is 0 Å². The molecule has 0 spiro atoms. The van der Waals surface area contributed by atoms with Gasteiger partial charge in [0.25, 0.3) is 0 Å². The van der Waals surface area contributed by atoms with Crippen LogP contribution in [0.5, 0.6) is 0 Å². The van der Waals surface area contributed by atoms with Crippen LogP contribution in [-0.4, -0.2) is 26.4 Å². The molecule has 0 saturated carbocycles. The summed E-state index contributed by atoms with van der Waals surface area (Å²) in [6.45, 7) is 2.27. The lowest BCUT2D eigenvalue weighted by molar-refractivity contribution is -0.137. The van der Waals surface area contributed by atoms with Gasteiger partial charge >= 0.3 is 6.18 Å². The van der Waals surface area contributed by atoms with E-state index in [0.717, 1.165) is 29.0 Å². The molecule has 0 unspecified atom stereocenters. The van der Waals surface area contributed by atoms with Gasteiger partial charge in [-0.1, -0.05) is 54.2 Å². The fourth-order valence-corrected chi connectivity index (χ4v) is 4.01. The summed E-state index contributed by atoms with van der Waals surface area (Å²) in [5, 5.41) is 11.3. The first-order chi connectivity index (χ1) is 15.8. The number of carbonyl (C=O) groups is 1. The van der Waals surface area contributed by atoms with Crippen LogP contribution < -0.4 is 5.32 Å². The molecule has 0 atom stereocenters. The van der Waals surface area contributed by atoms with Crippen LogP contribution in [-0.2, 0) is 17.5 Å². The zero-order valence-corrected chi connectivity index (χ0v) is 18.3. The highest BCUT2D eigenvalue weighted by molar-refractivity contribution is 7.99. The van der Waals surface area contributed by atoms with E-state index in [2.05, 4.69) is 15.5 Å². The highest BCUT2D eigenvalue weighted by Gasteiger charge is 2.33. The molecule has 6 nitrogen and oxygen atoms in total. The Bertz CT molecular complexity index is 1250. The van der Waals surface area contributed by atoms with Gasteiger partial charge in [-0.2, -0.15) is 13.2 Å². The number of benzene rings is 2. The summed E-state index contributed by atoms with van der Waals surface area (Å²) in [5.74, 6) is 0.543. The van der Waals surface area contributed by atoms with E-state index in [0.29, 0.717) is 23.3 Å². The number of nitrogens with zero attached hydrogens (tertiary/aromatic N) is 3. The molecule has 10 heteroatoms. The van der Waals surface area contributed by atoms with Crippen molar-refractivity contribution in [3.05, 3.63) is 83.8 Å².